The van der Waals surface area contributed by atoms with Crippen LogP contribution in [0.4, 0.5) is 0 Å². The van der Waals surface area contributed by atoms with Crippen molar-refractivity contribution in [3.8, 4) is 0 Å². The minimum Gasteiger partial charge on any atom is -0.455 e. The van der Waals surface area contributed by atoms with Gasteiger partial charge < -0.3 is 4.74 Å². The van der Waals surface area contributed by atoms with Crippen molar-refractivity contribution in [2.45, 2.75) is 12.5 Å². The average Bonchev–Trinajstić information content (AvgIpc) is 2.28. The highest BCUT2D eigenvalue weighted by atomic mass is 16.5. The molecule has 0 fully saturated rings. The number of carbonyl (C=O) groups is 1. The number of hydrogen-bond donors (Lipinski definition) is 0. The van der Waals surface area contributed by atoms with Crippen molar-refractivity contribution in [2.75, 3.05) is 0 Å². The Hall–Kier alpha value is -1.90. The van der Waals surface area contributed by atoms with E-state index in [9.17, 15) is 4.79 Å². The van der Waals surface area contributed by atoms with Crippen molar-refractivity contribution < 1.29 is 9.53 Å². The van der Waals surface area contributed by atoms with Gasteiger partial charge in [0.15, 0.2) is 0 Å². The van der Waals surface area contributed by atoms with Crippen LogP contribution in [-0.2, 0) is 9.53 Å². The number of nitrogens with zero attached hydrogens (tertiary/aromatic N) is 1. The molecule has 0 saturated heterocycles. The molecule has 1 aromatic heterocycles. The second-order valence-corrected chi connectivity index (χ2v) is 3.23. The molecule has 76 valence electrons. The first kappa shape index (κ1) is 9.65. The summed E-state index contributed by atoms with van der Waals surface area (Å²) in [4.78, 5) is 15.1. The van der Waals surface area contributed by atoms with E-state index in [1.54, 1.807) is 6.20 Å². The molecule has 1 aromatic rings. The van der Waals surface area contributed by atoms with Crippen LogP contribution in [-0.4, -0.2) is 17.1 Å². The summed E-state index contributed by atoms with van der Waals surface area (Å²) in [5.41, 5.74) is 0.864. The predicted octanol–water partition coefficient (Wildman–Crippen LogP) is 1.97. The molecule has 0 saturated carbocycles. The summed E-state index contributed by atoms with van der Waals surface area (Å²) in [6, 6.07) is 5.68. The van der Waals surface area contributed by atoms with E-state index in [-0.39, 0.29) is 12.1 Å². The number of ether oxygens (including phenoxy) is 1. The Morgan fingerprint density at radius 3 is 3.13 bits per heavy atom. The quantitative estimate of drug-likeness (QED) is 0.687. The van der Waals surface area contributed by atoms with E-state index in [4.69, 9.17) is 4.74 Å². The SMILES string of the molecule is O=C1C=CC[C@@H](/C=C/c2ccccn2)O1. The molecule has 0 amide bonds. The third-order valence-corrected chi connectivity index (χ3v) is 2.06. The zero-order valence-electron chi connectivity index (χ0n) is 8.17. The monoisotopic (exact) mass is 201 g/mol. The molecule has 0 aromatic carbocycles. The molecule has 2 rings (SSSR count). The van der Waals surface area contributed by atoms with E-state index in [0.29, 0.717) is 0 Å². The molecule has 1 aliphatic heterocycles. The molecule has 0 N–H and O–H groups in total. The summed E-state index contributed by atoms with van der Waals surface area (Å²) in [7, 11) is 0. The molecule has 1 aliphatic rings. The van der Waals surface area contributed by atoms with Crippen LogP contribution in [0.15, 0.2) is 42.6 Å². The summed E-state index contributed by atoms with van der Waals surface area (Å²) in [6.45, 7) is 0. The highest BCUT2D eigenvalue weighted by molar-refractivity contribution is 5.83. The maximum absolute atomic E-state index is 10.9. The second kappa shape index (κ2) is 4.55. The zero-order valence-corrected chi connectivity index (χ0v) is 8.17. The molecule has 0 bridgehead atoms. The smallest absolute Gasteiger partial charge is 0.331 e. The van der Waals surface area contributed by atoms with Crippen LogP contribution in [0.1, 0.15) is 12.1 Å². The zero-order chi connectivity index (χ0) is 10.5. The van der Waals surface area contributed by atoms with Crippen molar-refractivity contribution in [3.63, 3.8) is 0 Å². The number of esters is 1. The lowest BCUT2D eigenvalue weighted by atomic mass is 10.2. The van der Waals surface area contributed by atoms with Gasteiger partial charge >= 0.3 is 5.97 Å². The number of pyridine rings is 1. The number of cyclic esters (lactones) is 1. The lowest BCUT2D eigenvalue weighted by Crippen LogP contribution is -2.17. The second-order valence-electron chi connectivity index (χ2n) is 3.23. The highest BCUT2D eigenvalue weighted by Gasteiger charge is 2.11. The third-order valence-electron chi connectivity index (χ3n) is 2.06. The van der Waals surface area contributed by atoms with Crippen LogP contribution in [0.5, 0.6) is 0 Å². The van der Waals surface area contributed by atoms with Gasteiger partial charge in [0.2, 0.25) is 0 Å². The Morgan fingerprint density at radius 1 is 1.47 bits per heavy atom. The minimum atomic E-state index is -0.281. The fraction of sp³-hybridized carbons (Fsp3) is 0.167. The fourth-order valence-corrected chi connectivity index (χ4v) is 1.33. The van der Waals surface area contributed by atoms with Gasteiger partial charge in [0.25, 0.3) is 0 Å². The normalized spacial score (nSPS) is 20.5. The van der Waals surface area contributed by atoms with E-state index < -0.39 is 0 Å². The standard InChI is InChI=1S/C12H11NO2/c14-12-6-3-5-11(15-12)8-7-10-4-1-2-9-13-10/h1-4,6-9,11H,5H2/b8-7+/t11-/m0/s1. The van der Waals surface area contributed by atoms with Crippen LogP contribution in [0.3, 0.4) is 0 Å². The Morgan fingerprint density at radius 2 is 2.40 bits per heavy atom. The Kier molecular flexibility index (Phi) is 2.93. The summed E-state index contributed by atoms with van der Waals surface area (Å²) < 4.78 is 5.07. The number of rotatable bonds is 2. The first-order valence-corrected chi connectivity index (χ1v) is 4.81. The first-order valence-electron chi connectivity index (χ1n) is 4.81. The van der Waals surface area contributed by atoms with Gasteiger partial charge in [-0.3, -0.25) is 4.98 Å². The van der Waals surface area contributed by atoms with Gasteiger partial charge in [-0.15, -0.1) is 0 Å². The van der Waals surface area contributed by atoms with Gasteiger partial charge in [0.1, 0.15) is 6.10 Å². The molecule has 2 heterocycles. The summed E-state index contributed by atoms with van der Waals surface area (Å²) >= 11 is 0. The lowest BCUT2D eigenvalue weighted by Gasteiger charge is -2.14. The van der Waals surface area contributed by atoms with Gasteiger partial charge in [-0.25, -0.2) is 4.79 Å². The van der Waals surface area contributed by atoms with Crippen molar-refractivity contribution in [1.29, 1.82) is 0 Å². The summed E-state index contributed by atoms with van der Waals surface area (Å²) in [5.74, 6) is -0.281. The van der Waals surface area contributed by atoms with Gasteiger partial charge in [-0.2, -0.15) is 0 Å². The fourth-order valence-electron chi connectivity index (χ4n) is 1.33. The molecular formula is C12H11NO2. The molecule has 0 radical (unpaired) electrons. The van der Waals surface area contributed by atoms with Crippen molar-refractivity contribution in [1.82, 2.24) is 4.98 Å². The van der Waals surface area contributed by atoms with E-state index in [0.717, 1.165) is 12.1 Å². The molecule has 3 heteroatoms. The van der Waals surface area contributed by atoms with Crippen LogP contribution in [0, 0.1) is 0 Å². The maximum Gasteiger partial charge on any atom is 0.331 e. The Bertz CT molecular complexity index is 395. The van der Waals surface area contributed by atoms with Crippen LogP contribution >= 0.6 is 0 Å². The first-order chi connectivity index (χ1) is 7.34. The molecule has 15 heavy (non-hydrogen) atoms. The molecule has 1 atom stereocenters. The number of carbonyl (C=O) groups excluding carboxylic acids is 1. The van der Waals surface area contributed by atoms with E-state index in [2.05, 4.69) is 4.98 Å². The van der Waals surface area contributed by atoms with E-state index in [1.807, 2.05) is 36.4 Å². The summed E-state index contributed by atoms with van der Waals surface area (Å²) in [5, 5.41) is 0. The van der Waals surface area contributed by atoms with Crippen LogP contribution in [0.25, 0.3) is 6.08 Å². The molecular weight excluding hydrogens is 190 g/mol. The van der Waals surface area contributed by atoms with Gasteiger partial charge in [-0.1, -0.05) is 12.1 Å². The number of aromatic nitrogens is 1. The van der Waals surface area contributed by atoms with Gasteiger partial charge in [0.05, 0.1) is 5.69 Å². The predicted molar refractivity (Wildman–Crippen MR) is 56.9 cm³/mol. The molecule has 3 nitrogen and oxygen atoms in total. The van der Waals surface area contributed by atoms with E-state index >= 15 is 0 Å². The minimum absolute atomic E-state index is 0.162. The average molecular weight is 201 g/mol. The molecule has 0 spiro atoms. The third kappa shape index (κ3) is 2.77. The van der Waals surface area contributed by atoms with Gasteiger partial charge in [-0.05, 0) is 24.3 Å². The van der Waals surface area contributed by atoms with Crippen molar-refractivity contribution >= 4 is 12.0 Å². The van der Waals surface area contributed by atoms with Crippen molar-refractivity contribution in [2.24, 2.45) is 0 Å². The topological polar surface area (TPSA) is 39.2 Å². The Labute approximate surface area is 88.1 Å². The van der Waals surface area contributed by atoms with Crippen LogP contribution < -0.4 is 0 Å². The van der Waals surface area contributed by atoms with Crippen molar-refractivity contribution in [3.05, 3.63) is 48.3 Å². The highest BCUT2D eigenvalue weighted by Crippen LogP contribution is 2.10. The van der Waals surface area contributed by atoms with Gasteiger partial charge in [0, 0.05) is 18.7 Å². The maximum atomic E-state index is 10.9. The Balaban J connectivity index is 2.00. The van der Waals surface area contributed by atoms with E-state index in [1.165, 1.54) is 6.08 Å². The lowest BCUT2D eigenvalue weighted by molar-refractivity contribution is -0.141. The molecule has 0 aliphatic carbocycles. The molecule has 0 unspecified atom stereocenters. The van der Waals surface area contributed by atoms with Crippen LogP contribution in [0.2, 0.25) is 0 Å². The largest absolute Gasteiger partial charge is 0.455 e. The number of hydrogen-bond acceptors (Lipinski definition) is 3. The summed E-state index contributed by atoms with van der Waals surface area (Å²) in [6.07, 6.45) is 9.27.